The lowest BCUT2D eigenvalue weighted by atomic mass is 9.95. The topological polar surface area (TPSA) is 38.3 Å². The van der Waals surface area contributed by atoms with E-state index in [-0.39, 0.29) is 5.97 Å². The first kappa shape index (κ1) is 14.8. The third kappa shape index (κ3) is 3.88. The number of nitrogens with one attached hydrogen (secondary N) is 1. The largest absolute Gasteiger partial charge is 0.465 e. The van der Waals surface area contributed by atoms with E-state index in [0.717, 1.165) is 37.3 Å². The molecule has 0 amide bonds. The fourth-order valence-electron chi connectivity index (χ4n) is 2.06. The number of rotatable bonds is 9. The molecule has 1 unspecified atom stereocenters. The Labute approximate surface area is 109 Å². The summed E-state index contributed by atoms with van der Waals surface area (Å²) in [5, 5.41) is 3.47. The van der Waals surface area contributed by atoms with Gasteiger partial charge in [-0.1, -0.05) is 13.8 Å². The molecule has 1 aliphatic carbocycles. The van der Waals surface area contributed by atoms with Gasteiger partial charge in [-0.25, -0.2) is 0 Å². The van der Waals surface area contributed by atoms with Crippen molar-refractivity contribution in [1.82, 2.24) is 5.32 Å². The summed E-state index contributed by atoms with van der Waals surface area (Å²) in [5.74, 6) is 2.32. The molecule has 3 nitrogen and oxygen atoms in total. The second-order valence-corrected chi connectivity index (χ2v) is 5.80. The number of esters is 1. The number of carbonyl (C=O) groups is 1. The van der Waals surface area contributed by atoms with Crippen LogP contribution in [-0.2, 0) is 9.53 Å². The molecule has 1 aliphatic rings. The van der Waals surface area contributed by atoms with Crippen molar-refractivity contribution in [3.63, 3.8) is 0 Å². The molecule has 0 saturated heterocycles. The van der Waals surface area contributed by atoms with Crippen LogP contribution in [0.2, 0.25) is 0 Å². The highest BCUT2D eigenvalue weighted by atomic mass is 32.2. The minimum Gasteiger partial charge on any atom is -0.465 e. The van der Waals surface area contributed by atoms with Crippen LogP contribution in [0.5, 0.6) is 0 Å². The van der Waals surface area contributed by atoms with E-state index in [0.29, 0.717) is 12.5 Å². The molecule has 1 atom stereocenters. The molecule has 1 rings (SSSR count). The molecule has 0 aromatic carbocycles. The Morgan fingerprint density at radius 3 is 2.59 bits per heavy atom. The van der Waals surface area contributed by atoms with E-state index in [2.05, 4.69) is 19.2 Å². The summed E-state index contributed by atoms with van der Waals surface area (Å²) in [7, 11) is 0. The number of ether oxygens (including phenoxy) is 1. The maximum Gasteiger partial charge on any atom is 0.327 e. The van der Waals surface area contributed by atoms with Gasteiger partial charge in [0.2, 0.25) is 0 Å². The first-order chi connectivity index (χ1) is 8.21. The van der Waals surface area contributed by atoms with Crippen LogP contribution in [-0.4, -0.2) is 36.2 Å². The molecule has 0 heterocycles. The van der Waals surface area contributed by atoms with Gasteiger partial charge in [-0.15, -0.1) is 0 Å². The van der Waals surface area contributed by atoms with Crippen molar-refractivity contribution in [2.24, 2.45) is 5.92 Å². The van der Waals surface area contributed by atoms with Gasteiger partial charge in [0.05, 0.1) is 6.61 Å². The summed E-state index contributed by atoms with van der Waals surface area (Å²) in [5.41, 5.74) is -0.424. The van der Waals surface area contributed by atoms with Crippen molar-refractivity contribution >= 4 is 17.7 Å². The monoisotopic (exact) mass is 259 g/mol. The van der Waals surface area contributed by atoms with E-state index in [9.17, 15) is 4.79 Å². The summed E-state index contributed by atoms with van der Waals surface area (Å²) in [4.78, 5) is 12.3. The highest BCUT2D eigenvalue weighted by Gasteiger charge is 2.51. The maximum absolute atomic E-state index is 12.3. The SMILES string of the molecule is CCCNC(CSCC)(C(=O)OCC)C1CC1. The first-order valence-corrected chi connectivity index (χ1v) is 7.86. The van der Waals surface area contributed by atoms with Crippen molar-refractivity contribution in [3.05, 3.63) is 0 Å². The molecule has 1 saturated carbocycles. The highest BCUT2D eigenvalue weighted by molar-refractivity contribution is 7.99. The predicted octanol–water partition coefficient (Wildman–Crippen LogP) is 2.45. The lowest BCUT2D eigenvalue weighted by Crippen LogP contribution is -2.57. The second kappa shape index (κ2) is 7.27. The summed E-state index contributed by atoms with van der Waals surface area (Å²) in [6, 6.07) is 0. The van der Waals surface area contributed by atoms with Gasteiger partial charge < -0.3 is 10.1 Å². The Balaban J connectivity index is 2.72. The molecule has 100 valence electrons. The minimum absolute atomic E-state index is 0.0445. The Hall–Kier alpha value is -0.220. The van der Waals surface area contributed by atoms with E-state index in [1.54, 1.807) is 0 Å². The average molecular weight is 259 g/mol. The van der Waals surface area contributed by atoms with Gasteiger partial charge >= 0.3 is 5.97 Å². The zero-order valence-corrected chi connectivity index (χ0v) is 12.1. The molecule has 0 aliphatic heterocycles. The fourth-order valence-corrected chi connectivity index (χ4v) is 3.04. The average Bonchev–Trinajstić information content (AvgIpc) is 3.14. The highest BCUT2D eigenvalue weighted by Crippen LogP contribution is 2.42. The molecule has 4 heteroatoms. The number of hydrogen-bond donors (Lipinski definition) is 1. The van der Waals surface area contributed by atoms with Crippen LogP contribution >= 0.6 is 11.8 Å². The predicted molar refractivity (Wildman–Crippen MR) is 73.4 cm³/mol. The van der Waals surface area contributed by atoms with Crippen molar-refractivity contribution < 1.29 is 9.53 Å². The third-order valence-corrected chi connectivity index (χ3v) is 4.21. The van der Waals surface area contributed by atoms with Crippen LogP contribution in [0.15, 0.2) is 0 Å². The Kier molecular flexibility index (Phi) is 6.34. The standard InChI is InChI=1S/C13H25NO2S/c1-4-9-14-13(10-17-6-3,11-7-8-11)12(15)16-5-2/h11,14H,4-10H2,1-3H3. The number of hydrogen-bond acceptors (Lipinski definition) is 4. The smallest absolute Gasteiger partial charge is 0.327 e. The van der Waals surface area contributed by atoms with Gasteiger partial charge in [0.1, 0.15) is 5.54 Å². The molecule has 17 heavy (non-hydrogen) atoms. The van der Waals surface area contributed by atoms with Gasteiger partial charge in [-0.05, 0) is 44.4 Å². The normalized spacial score (nSPS) is 18.8. The quantitative estimate of drug-likeness (QED) is 0.646. The van der Waals surface area contributed by atoms with Crippen LogP contribution in [0.4, 0.5) is 0 Å². The van der Waals surface area contributed by atoms with Crippen molar-refractivity contribution in [3.8, 4) is 0 Å². The summed E-state index contributed by atoms with van der Waals surface area (Å²) < 4.78 is 5.29. The minimum atomic E-state index is -0.424. The molecule has 1 fully saturated rings. The Morgan fingerprint density at radius 2 is 2.12 bits per heavy atom. The van der Waals surface area contributed by atoms with E-state index in [4.69, 9.17) is 4.74 Å². The van der Waals surface area contributed by atoms with E-state index in [1.807, 2.05) is 18.7 Å². The van der Waals surface area contributed by atoms with Gasteiger partial charge in [0.15, 0.2) is 0 Å². The third-order valence-electron chi connectivity index (χ3n) is 3.14. The molecule has 0 radical (unpaired) electrons. The Morgan fingerprint density at radius 1 is 1.41 bits per heavy atom. The molecule has 0 aromatic heterocycles. The van der Waals surface area contributed by atoms with E-state index in [1.165, 1.54) is 0 Å². The fraction of sp³-hybridized carbons (Fsp3) is 0.923. The van der Waals surface area contributed by atoms with E-state index >= 15 is 0 Å². The lowest BCUT2D eigenvalue weighted by molar-refractivity contribution is -0.151. The summed E-state index contributed by atoms with van der Waals surface area (Å²) in [6.45, 7) is 7.50. The maximum atomic E-state index is 12.3. The van der Waals surface area contributed by atoms with Crippen LogP contribution < -0.4 is 5.32 Å². The zero-order chi connectivity index (χ0) is 12.7. The first-order valence-electron chi connectivity index (χ1n) is 6.71. The molecule has 0 spiro atoms. The summed E-state index contributed by atoms with van der Waals surface area (Å²) >= 11 is 1.82. The molecule has 1 N–H and O–H groups in total. The van der Waals surface area contributed by atoms with E-state index < -0.39 is 5.54 Å². The molecular formula is C13H25NO2S. The number of thioether (sulfide) groups is 1. The Bertz CT molecular complexity index is 234. The van der Waals surface area contributed by atoms with Crippen molar-refractivity contribution in [2.75, 3.05) is 24.7 Å². The van der Waals surface area contributed by atoms with Gasteiger partial charge in [-0.2, -0.15) is 11.8 Å². The van der Waals surface area contributed by atoms with Gasteiger partial charge in [0, 0.05) is 5.75 Å². The lowest BCUT2D eigenvalue weighted by Gasteiger charge is -2.32. The second-order valence-electron chi connectivity index (χ2n) is 4.53. The molecule has 0 aromatic rings. The zero-order valence-electron chi connectivity index (χ0n) is 11.3. The van der Waals surface area contributed by atoms with Crippen LogP contribution in [0, 0.1) is 5.92 Å². The van der Waals surface area contributed by atoms with Crippen LogP contribution in [0.1, 0.15) is 40.0 Å². The van der Waals surface area contributed by atoms with Crippen LogP contribution in [0.3, 0.4) is 0 Å². The van der Waals surface area contributed by atoms with Gasteiger partial charge in [0.25, 0.3) is 0 Å². The van der Waals surface area contributed by atoms with Gasteiger partial charge in [-0.3, -0.25) is 4.79 Å². The van der Waals surface area contributed by atoms with Crippen molar-refractivity contribution in [1.29, 1.82) is 0 Å². The molecule has 0 bridgehead atoms. The summed E-state index contributed by atoms with van der Waals surface area (Å²) in [6.07, 6.45) is 3.35. The van der Waals surface area contributed by atoms with Crippen molar-refractivity contribution in [2.45, 2.75) is 45.6 Å². The van der Waals surface area contributed by atoms with Crippen LogP contribution in [0.25, 0.3) is 0 Å². The molecular weight excluding hydrogens is 234 g/mol. The number of carbonyl (C=O) groups excluding carboxylic acids is 1.